The highest BCUT2D eigenvalue weighted by atomic mass is 16.5. The van der Waals surface area contributed by atoms with E-state index in [0.29, 0.717) is 30.2 Å². The molecule has 31 heavy (non-hydrogen) atoms. The lowest BCUT2D eigenvalue weighted by molar-refractivity contribution is -0.148. The lowest BCUT2D eigenvalue weighted by Gasteiger charge is -2.19. The van der Waals surface area contributed by atoms with Gasteiger partial charge in [0, 0.05) is 29.6 Å². The minimum absolute atomic E-state index is 0.0289. The quantitative estimate of drug-likeness (QED) is 0.531. The van der Waals surface area contributed by atoms with Crippen LogP contribution in [0.25, 0.3) is 22.6 Å². The van der Waals surface area contributed by atoms with Crippen LogP contribution in [-0.2, 0) is 4.79 Å². The van der Waals surface area contributed by atoms with E-state index >= 15 is 0 Å². The molecule has 0 saturated carbocycles. The molecule has 9 nitrogen and oxygen atoms in total. The number of pyridine rings is 2. The summed E-state index contributed by atoms with van der Waals surface area (Å²) < 4.78 is 11.1. The van der Waals surface area contributed by atoms with Gasteiger partial charge in [-0.3, -0.25) is 14.9 Å². The molecule has 3 rings (SSSR count). The van der Waals surface area contributed by atoms with Gasteiger partial charge in [-0.15, -0.1) is 5.10 Å². The number of carbonyl (C=O) groups is 1. The smallest absolute Gasteiger partial charge is 0.335 e. The van der Waals surface area contributed by atoms with Crippen molar-refractivity contribution in [3.63, 3.8) is 0 Å². The van der Waals surface area contributed by atoms with Crippen molar-refractivity contribution in [2.24, 2.45) is 11.3 Å². The van der Waals surface area contributed by atoms with Gasteiger partial charge in [0.05, 0.1) is 17.7 Å². The number of aromatic nitrogens is 5. The Hall–Kier alpha value is -3.49. The second-order valence-corrected chi connectivity index (χ2v) is 8.42. The maximum atomic E-state index is 11.2. The molecule has 164 valence electrons. The molecule has 0 spiro atoms. The minimum atomic E-state index is -0.994. The fourth-order valence-electron chi connectivity index (χ4n) is 2.57. The lowest BCUT2D eigenvalue weighted by Crippen LogP contribution is -2.30. The number of rotatable bonds is 9. The minimum Gasteiger partial charge on any atom is -0.481 e. The van der Waals surface area contributed by atoms with Gasteiger partial charge in [-0.05, 0) is 44.4 Å². The third-order valence-corrected chi connectivity index (χ3v) is 4.57. The molecule has 3 aromatic heterocycles. The first-order valence-electron chi connectivity index (χ1n) is 10.0. The average molecular weight is 425 g/mol. The third-order valence-electron chi connectivity index (χ3n) is 4.57. The maximum absolute atomic E-state index is 11.2. The zero-order chi connectivity index (χ0) is 22.6. The fourth-order valence-corrected chi connectivity index (χ4v) is 2.57. The summed E-state index contributed by atoms with van der Waals surface area (Å²) in [5.74, 6) is 0.427. The Morgan fingerprint density at radius 2 is 1.97 bits per heavy atom. The van der Waals surface area contributed by atoms with Crippen LogP contribution in [0.2, 0.25) is 0 Å². The molecule has 2 N–H and O–H groups in total. The Balaban J connectivity index is 1.70. The molecule has 9 heteroatoms. The van der Waals surface area contributed by atoms with Crippen molar-refractivity contribution in [1.82, 2.24) is 25.1 Å². The van der Waals surface area contributed by atoms with Crippen molar-refractivity contribution in [1.29, 1.82) is 0 Å². The highest BCUT2D eigenvalue weighted by Gasteiger charge is 2.28. The van der Waals surface area contributed by atoms with Gasteiger partial charge >= 0.3 is 12.0 Å². The molecule has 0 aliphatic carbocycles. The molecule has 0 aliphatic heterocycles. The first-order chi connectivity index (χ1) is 14.7. The number of aryl methyl sites for hydroxylation is 1. The molecular formula is C22H27N5O4. The first kappa shape index (κ1) is 22.2. The van der Waals surface area contributed by atoms with E-state index in [1.54, 1.807) is 32.3 Å². The molecule has 0 unspecified atom stereocenters. The Morgan fingerprint density at radius 1 is 1.19 bits per heavy atom. The van der Waals surface area contributed by atoms with E-state index in [1.807, 2.05) is 19.1 Å². The van der Waals surface area contributed by atoms with Crippen LogP contribution in [0.5, 0.6) is 11.9 Å². The molecule has 0 saturated heterocycles. The van der Waals surface area contributed by atoms with E-state index in [4.69, 9.17) is 9.47 Å². The Kier molecular flexibility index (Phi) is 6.53. The molecular weight excluding hydrogens is 398 g/mol. The van der Waals surface area contributed by atoms with Crippen LogP contribution in [0.3, 0.4) is 0 Å². The van der Waals surface area contributed by atoms with Gasteiger partial charge in [-0.1, -0.05) is 13.8 Å². The summed E-state index contributed by atoms with van der Waals surface area (Å²) in [6.45, 7) is 9.84. The predicted molar refractivity (Wildman–Crippen MR) is 115 cm³/mol. The van der Waals surface area contributed by atoms with Crippen molar-refractivity contribution < 1.29 is 19.4 Å². The largest absolute Gasteiger partial charge is 0.481 e. The van der Waals surface area contributed by atoms with Crippen molar-refractivity contribution in [2.75, 3.05) is 13.2 Å². The second kappa shape index (κ2) is 9.11. The number of carboxylic acids is 1. The van der Waals surface area contributed by atoms with E-state index in [1.165, 1.54) is 0 Å². The van der Waals surface area contributed by atoms with Crippen LogP contribution in [0.15, 0.2) is 30.6 Å². The summed E-state index contributed by atoms with van der Waals surface area (Å²) in [4.78, 5) is 24.4. The molecule has 0 bridgehead atoms. The summed E-state index contributed by atoms with van der Waals surface area (Å²) in [6.07, 6.45) is 3.38. The fraction of sp³-hybridized carbons (Fsp3) is 0.409. The van der Waals surface area contributed by atoms with E-state index in [9.17, 15) is 9.90 Å². The third kappa shape index (κ3) is 5.56. The Labute approximate surface area is 180 Å². The van der Waals surface area contributed by atoms with Gasteiger partial charge in [0.2, 0.25) is 5.88 Å². The van der Waals surface area contributed by atoms with Gasteiger partial charge in [0.25, 0.3) is 0 Å². The number of nitrogens with zero attached hydrogens (tertiary/aromatic N) is 4. The topological polar surface area (TPSA) is 123 Å². The van der Waals surface area contributed by atoms with E-state index in [0.717, 1.165) is 22.4 Å². The van der Waals surface area contributed by atoms with Gasteiger partial charge in [0.15, 0.2) is 5.82 Å². The van der Waals surface area contributed by atoms with Crippen molar-refractivity contribution in [3.8, 4) is 34.5 Å². The number of ether oxygens (including phenoxy) is 2. The zero-order valence-corrected chi connectivity index (χ0v) is 18.3. The number of nitrogens with one attached hydrogen (secondary N) is 1. The van der Waals surface area contributed by atoms with Crippen molar-refractivity contribution in [3.05, 3.63) is 36.2 Å². The van der Waals surface area contributed by atoms with Gasteiger partial charge < -0.3 is 14.6 Å². The molecule has 3 aromatic rings. The molecule has 0 atom stereocenters. The molecule has 0 fully saturated rings. The normalized spacial score (nSPS) is 11.5. The Bertz CT molecular complexity index is 1040. The molecule has 0 aliphatic rings. The summed E-state index contributed by atoms with van der Waals surface area (Å²) in [5, 5.41) is 16.1. The standard InChI is InChI=1S/C22H27N5O4/c1-13(2)11-30-21-25-19(26-27-21)15-6-7-17(23-9-15)16-10-24-18(8-14(16)3)31-12-22(4,5)20(28)29/h6-10,13H,11-12H2,1-5H3,(H,28,29)(H,25,26,27). The van der Waals surface area contributed by atoms with E-state index < -0.39 is 11.4 Å². The number of hydrogen-bond acceptors (Lipinski definition) is 7. The highest BCUT2D eigenvalue weighted by Crippen LogP contribution is 2.26. The first-order valence-corrected chi connectivity index (χ1v) is 10.0. The van der Waals surface area contributed by atoms with Crippen LogP contribution < -0.4 is 9.47 Å². The SMILES string of the molecule is Cc1cc(OCC(C)(C)C(=O)O)ncc1-c1ccc(-c2nc(OCC(C)C)n[nH]2)cn1. The van der Waals surface area contributed by atoms with Crippen LogP contribution in [-0.4, -0.2) is 49.4 Å². The zero-order valence-electron chi connectivity index (χ0n) is 18.3. The predicted octanol–water partition coefficient (Wildman–Crippen LogP) is 3.76. The van der Waals surface area contributed by atoms with Gasteiger partial charge in [0.1, 0.15) is 6.61 Å². The number of hydrogen-bond donors (Lipinski definition) is 2. The molecule has 0 radical (unpaired) electrons. The number of H-pyrrole nitrogens is 1. The van der Waals surface area contributed by atoms with E-state index in [2.05, 4.69) is 39.0 Å². The maximum Gasteiger partial charge on any atom is 0.335 e. The van der Waals surface area contributed by atoms with Crippen LogP contribution in [0.4, 0.5) is 0 Å². The summed E-state index contributed by atoms with van der Waals surface area (Å²) in [7, 11) is 0. The number of aliphatic carboxylic acids is 1. The summed E-state index contributed by atoms with van der Waals surface area (Å²) >= 11 is 0. The van der Waals surface area contributed by atoms with E-state index in [-0.39, 0.29) is 6.61 Å². The highest BCUT2D eigenvalue weighted by molar-refractivity contribution is 5.73. The van der Waals surface area contributed by atoms with Gasteiger partial charge in [-0.2, -0.15) is 4.98 Å². The van der Waals surface area contributed by atoms with Crippen LogP contribution in [0.1, 0.15) is 33.3 Å². The number of carboxylic acid groups (broad SMARTS) is 1. The van der Waals surface area contributed by atoms with Crippen LogP contribution >= 0.6 is 0 Å². The average Bonchev–Trinajstić information content (AvgIpc) is 3.20. The Morgan fingerprint density at radius 3 is 2.58 bits per heavy atom. The lowest BCUT2D eigenvalue weighted by atomic mass is 9.95. The number of aromatic amines is 1. The molecule has 0 aromatic carbocycles. The molecule has 3 heterocycles. The second-order valence-electron chi connectivity index (χ2n) is 8.42. The molecule has 0 amide bonds. The monoisotopic (exact) mass is 425 g/mol. The summed E-state index contributed by atoms with van der Waals surface area (Å²) in [5.41, 5.74) is 2.32. The van der Waals surface area contributed by atoms with Crippen molar-refractivity contribution >= 4 is 5.97 Å². The van der Waals surface area contributed by atoms with Crippen LogP contribution in [0, 0.1) is 18.3 Å². The van der Waals surface area contributed by atoms with Gasteiger partial charge in [-0.25, -0.2) is 4.98 Å². The summed E-state index contributed by atoms with van der Waals surface area (Å²) in [6, 6.07) is 5.87. The van der Waals surface area contributed by atoms with Crippen molar-refractivity contribution in [2.45, 2.75) is 34.6 Å².